The van der Waals surface area contributed by atoms with Gasteiger partial charge in [-0.25, -0.2) is 0 Å². The summed E-state index contributed by atoms with van der Waals surface area (Å²) in [5.74, 6) is -0.392. The Balaban J connectivity index is 2.20. The Morgan fingerprint density at radius 2 is 2.04 bits per heavy atom. The summed E-state index contributed by atoms with van der Waals surface area (Å²) in [6, 6.07) is 8.79. The molecule has 1 N–H and O–H groups in total. The van der Waals surface area contributed by atoms with Crippen LogP contribution in [0, 0.1) is 0 Å². The van der Waals surface area contributed by atoms with Gasteiger partial charge in [0.15, 0.2) is 0 Å². The first-order chi connectivity index (χ1) is 11.4. The molecule has 0 aliphatic carbocycles. The lowest BCUT2D eigenvalue weighted by Crippen LogP contribution is -2.44. The van der Waals surface area contributed by atoms with E-state index < -0.39 is 0 Å². The molecular weight excluding hydrogens is 328 g/mol. The molecule has 1 heterocycles. The first-order valence-corrected chi connectivity index (χ1v) is 8.02. The molecule has 6 nitrogen and oxygen atoms in total. The first-order valence-electron chi connectivity index (χ1n) is 7.64. The summed E-state index contributed by atoms with van der Waals surface area (Å²) in [6.45, 7) is 3.32. The largest absolute Gasteiger partial charge is 0.350 e. The Labute approximate surface area is 146 Å². The Morgan fingerprint density at radius 3 is 2.62 bits per heavy atom. The highest BCUT2D eigenvalue weighted by molar-refractivity contribution is 6.31. The number of rotatable bonds is 6. The fraction of sp³-hybridized carbons (Fsp3) is 0.353. The number of aromatic nitrogens is 2. The van der Waals surface area contributed by atoms with Crippen LogP contribution < -0.4 is 5.32 Å². The summed E-state index contributed by atoms with van der Waals surface area (Å²) in [6.07, 6.45) is 3.51. The Bertz CT molecular complexity index is 702. The van der Waals surface area contributed by atoms with Gasteiger partial charge in [-0.15, -0.1) is 0 Å². The third kappa shape index (κ3) is 4.35. The zero-order valence-electron chi connectivity index (χ0n) is 13.9. The van der Waals surface area contributed by atoms with Crippen LogP contribution in [-0.2, 0) is 9.59 Å². The molecule has 0 unspecified atom stereocenters. The van der Waals surface area contributed by atoms with Gasteiger partial charge in [-0.3, -0.25) is 14.3 Å². The lowest BCUT2D eigenvalue weighted by Gasteiger charge is -2.27. The van der Waals surface area contributed by atoms with E-state index in [0.29, 0.717) is 5.02 Å². The van der Waals surface area contributed by atoms with Gasteiger partial charge in [0.1, 0.15) is 0 Å². The minimum Gasteiger partial charge on any atom is -0.350 e. The molecule has 0 aliphatic heterocycles. The zero-order valence-corrected chi connectivity index (χ0v) is 14.7. The number of carbonyl (C=O) groups is 2. The highest BCUT2D eigenvalue weighted by Gasteiger charge is 2.25. The van der Waals surface area contributed by atoms with Crippen LogP contribution in [0.25, 0.3) is 0 Å². The second kappa shape index (κ2) is 7.97. The van der Waals surface area contributed by atoms with Crippen LogP contribution in [0.5, 0.6) is 0 Å². The molecule has 0 spiro atoms. The molecule has 2 aromatic rings. The molecule has 2 atom stereocenters. The molecule has 2 rings (SSSR count). The van der Waals surface area contributed by atoms with Gasteiger partial charge in [0, 0.05) is 31.4 Å². The summed E-state index contributed by atoms with van der Waals surface area (Å²) in [5, 5.41) is 7.83. The number of hydrogen-bond acceptors (Lipinski definition) is 3. The molecule has 0 saturated carbocycles. The van der Waals surface area contributed by atoms with Crippen LogP contribution in [0.3, 0.4) is 0 Å². The van der Waals surface area contributed by atoms with E-state index in [-0.39, 0.29) is 30.4 Å². The van der Waals surface area contributed by atoms with Gasteiger partial charge in [0.25, 0.3) is 0 Å². The summed E-state index contributed by atoms with van der Waals surface area (Å²) in [5.41, 5.74) is 0.871. The van der Waals surface area contributed by atoms with E-state index in [2.05, 4.69) is 10.4 Å². The van der Waals surface area contributed by atoms with Gasteiger partial charge in [0.2, 0.25) is 11.8 Å². The van der Waals surface area contributed by atoms with Crippen molar-refractivity contribution < 1.29 is 9.59 Å². The molecule has 0 bridgehead atoms. The predicted molar refractivity (Wildman–Crippen MR) is 92.7 cm³/mol. The minimum absolute atomic E-state index is 0.00796. The number of benzene rings is 1. The van der Waals surface area contributed by atoms with Crippen molar-refractivity contribution in [2.45, 2.75) is 25.9 Å². The average molecular weight is 349 g/mol. The second-order valence-electron chi connectivity index (χ2n) is 5.68. The van der Waals surface area contributed by atoms with Crippen molar-refractivity contribution in [1.29, 1.82) is 0 Å². The van der Waals surface area contributed by atoms with Gasteiger partial charge in [-0.05, 0) is 24.6 Å². The highest BCUT2D eigenvalue weighted by Crippen LogP contribution is 2.28. The Morgan fingerprint density at radius 1 is 1.33 bits per heavy atom. The number of likely N-dealkylation sites (N-methyl/N-ethyl adjacent to an activating group) is 1. The number of nitrogens with zero attached hydrogens (tertiary/aromatic N) is 3. The second-order valence-corrected chi connectivity index (χ2v) is 6.09. The summed E-state index contributed by atoms with van der Waals surface area (Å²) < 4.78 is 1.76. The topological polar surface area (TPSA) is 67.2 Å². The first kappa shape index (κ1) is 18.0. The van der Waals surface area contributed by atoms with Crippen molar-refractivity contribution in [3.05, 3.63) is 53.3 Å². The summed E-state index contributed by atoms with van der Waals surface area (Å²) in [7, 11) is 1.59. The third-order valence-electron chi connectivity index (χ3n) is 3.81. The van der Waals surface area contributed by atoms with E-state index in [1.165, 1.54) is 11.8 Å². The van der Waals surface area contributed by atoms with Gasteiger partial charge in [-0.2, -0.15) is 5.10 Å². The lowest BCUT2D eigenvalue weighted by molar-refractivity contribution is -0.133. The average Bonchev–Trinajstić information content (AvgIpc) is 3.03. The van der Waals surface area contributed by atoms with E-state index >= 15 is 0 Å². The van der Waals surface area contributed by atoms with E-state index in [1.807, 2.05) is 43.5 Å². The maximum Gasteiger partial charge on any atom is 0.239 e. The van der Waals surface area contributed by atoms with E-state index in [9.17, 15) is 9.59 Å². The number of halogens is 1. The van der Waals surface area contributed by atoms with Crippen molar-refractivity contribution in [3.8, 4) is 0 Å². The van der Waals surface area contributed by atoms with E-state index in [1.54, 1.807) is 17.9 Å². The fourth-order valence-electron chi connectivity index (χ4n) is 2.51. The van der Waals surface area contributed by atoms with Crippen molar-refractivity contribution in [2.24, 2.45) is 0 Å². The Kier molecular flexibility index (Phi) is 5.98. The van der Waals surface area contributed by atoms with Crippen molar-refractivity contribution in [1.82, 2.24) is 20.0 Å². The van der Waals surface area contributed by atoms with E-state index in [0.717, 1.165) is 5.56 Å². The highest BCUT2D eigenvalue weighted by atomic mass is 35.5. The quantitative estimate of drug-likeness (QED) is 0.869. The lowest BCUT2D eigenvalue weighted by atomic mass is 10.0. The smallest absolute Gasteiger partial charge is 0.239 e. The molecule has 128 valence electrons. The summed E-state index contributed by atoms with van der Waals surface area (Å²) >= 11 is 6.34. The number of nitrogens with one attached hydrogen (secondary N) is 1. The van der Waals surface area contributed by atoms with Gasteiger partial charge in [0.05, 0.1) is 18.6 Å². The zero-order chi connectivity index (χ0) is 17.7. The van der Waals surface area contributed by atoms with Crippen molar-refractivity contribution >= 4 is 23.4 Å². The maximum atomic E-state index is 12.2. The monoisotopic (exact) mass is 348 g/mol. The number of amides is 2. The number of carbonyl (C=O) groups excluding carboxylic acids is 2. The SMILES string of the molecule is CC(=O)N(C)CC(=O)N[C@@H](C)[C@H](c1ccccc1Cl)n1cccn1. The van der Waals surface area contributed by atoms with Gasteiger partial charge < -0.3 is 10.2 Å². The molecule has 0 fully saturated rings. The standard InChI is InChI=1S/C17H21ClN4O2/c1-12(20-16(24)11-21(3)13(2)23)17(22-10-6-9-19-22)14-7-4-5-8-15(14)18/h4-10,12,17H,11H2,1-3H3,(H,20,24)/t12-,17+/m0/s1. The third-order valence-corrected chi connectivity index (χ3v) is 4.16. The van der Waals surface area contributed by atoms with Crippen LogP contribution in [0.4, 0.5) is 0 Å². The maximum absolute atomic E-state index is 12.2. The van der Waals surface area contributed by atoms with Crippen LogP contribution in [0.2, 0.25) is 5.02 Å². The molecule has 2 amide bonds. The molecule has 0 aliphatic rings. The minimum atomic E-state index is -0.266. The number of hydrogen-bond donors (Lipinski definition) is 1. The molecule has 0 radical (unpaired) electrons. The molecule has 0 saturated heterocycles. The molecular formula is C17H21ClN4O2. The molecule has 24 heavy (non-hydrogen) atoms. The summed E-state index contributed by atoms with van der Waals surface area (Å²) in [4.78, 5) is 24.8. The van der Waals surface area contributed by atoms with Crippen molar-refractivity contribution in [2.75, 3.05) is 13.6 Å². The van der Waals surface area contributed by atoms with Crippen LogP contribution in [0.15, 0.2) is 42.7 Å². The van der Waals surface area contributed by atoms with E-state index in [4.69, 9.17) is 11.6 Å². The molecule has 1 aromatic heterocycles. The van der Waals surface area contributed by atoms with Crippen LogP contribution in [-0.4, -0.2) is 46.1 Å². The molecule has 1 aromatic carbocycles. The normalized spacial score (nSPS) is 13.2. The van der Waals surface area contributed by atoms with Crippen LogP contribution in [0.1, 0.15) is 25.5 Å². The molecule has 7 heteroatoms. The van der Waals surface area contributed by atoms with Crippen LogP contribution >= 0.6 is 11.6 Å². The Hall–Kier alpha value is -2.34. The van der Waals surface area contributed by atoms with Gasteiger partial charge in [-0.1, -0.05) is 29.8 Å². The fourth-order valence-corrected chi connectivity index (χ4v) is 2.75. The van der Waals surface area contributed by atoms with Gasteiger partial charge >= 0.3 is 0 Å². The predicted octanol–water partition coefficient (Wildman–Crippen LogP) is 2.11. The van der Waals surface area contributed by atoms with Crippen molar-refractivity contribution in [3.63, 3.8) is 0 Å².